The van der Waals surface area contributed by atoms with Crippen LogP contribution in [0.2, 0.25) is 0 Å². The lowest BCUT2D eigenvalue weighted by molar-refractivity contribution is -0.193. The van der Waals surface area contributed by atoms with Gasteiger partial charge in [-0.2, -0.15) is 26.3 Å². The van der Waals surface area contributed by atoms with Gasteiger partial charge in [-0.25, -0.2) is 9.59 Å². The first-order valence-electron chi connectivity index (χ1n) is 10.6. The number of alkyl halides is 6. The fraction of sp³-hybridized carbons (Fsp3) is 0.500. The molecule has 200 valence electrons. The van der Waals surface area contributed by atoms with E-state index in [2.05, 4.69) is 39.0 Å². The van der Waals surface area contributed by atoms with Crippen molar-refractivity contribution in [2.75, 3.05) is 26.2 Å². The average Bonchev–Trinajstić information content (AvgIpc) is 3.43. The van der Waals surface area contributed by atoms with E-state index in [1.165, 1.54) is 31.9 Å². The van der Waals surface area contributed by atoms with Gasteiger partial charge in [0.25, 0.3) is 0 Å². The molecule has 0 bridgehead atoms. The molecule has 2 aromatic rings. The van der Waals surface area contributed by atoms with Crippen LogP contribution >= 0.6 is 0 Å². The molecule has 0 aliphatic carbocycles. The van der Waals surface area contributed by atoms with E-state index in [1.54, 1.807) is 0 Å². The van der Waals surface area contributed by atoms with Gasteiger partial charge in [-0.15, -0.1) is 0 Å². The number of pyridine rings is 1. The number of aliphatic carboxylic acids is 2. The van der Waals surface area contributed by atoms with Gasteiger partial charge in [-0.05, 0) is 43.0 Å². The predicted octanol–water partition coefficient (Wildman–Crippen LogP) is 3.81. The Bertz CT molecular complexity index is 958. The van der Waals surface area contributed by atoms with E-state index in [4.69, 9.17) is 24.2 Å². The Kier molecular flexibility index (Phi) is 9.87. The van der Waals surface area contributed by atoms with Crippen LogP contribution in [-0.4, -0.2) is 75.5 Å². The van der Waals surface area contributed by atoms with Gasteiger partial charge in [-0.3, -0.25) is 14.8 Å². The maximum atomic E-state index is 10.6. The molecular weight excluding hydrogens is 500 g/mol. The smallest absolute Gasteiger partial charge is 0.475 e. The second-order valence-electron chi connectivity index (χ2n) is 8.35. The molecule has 14 heteroatoms. The van der Waals surface area contributed by atoms with Crippen LogP contribution in [0.1, 0.15) is 17.2 Å². The van der Waals surface area contributed by atoms with E-state index in [0.29, 0.717) is 0 Å². The van der Waals surface area contributed by atoms with Gasteiger partial charge in [0.15, 0.2) is 0 Å². The van der Waals surface area contributed by atoms with E-state index in [9.17, 15) is 26.3 Å². The fourth-order valence-electron chi connectivity index (χ4n) is 3.96. The standard InChI is InChI=1S/C18H23N3O.2C2HF3O2/c1-14-5-6-18(22-14)13-21-10-15-8-20(9-16(15)11-21)12-17-4-2-3-7-19-17;2*3-2(4,5)1(6)7/h2-7,15-16H,8-13H2,1H3;2*(H,6,7). The van der Waals surface area contributed by atoms with Crippen LogP contribution in [0.5, 0.6) is 0 Å². The molecule has 4 heterocycles. The molecule has 4 rings (SSSR count). The maximum Gasteiger partial charge on any atom is 0.490 e. The van der Waals surface area contributed by atoms with Crippen LogP contribution in [0, 0.1) is 18.8 Å². The first kappa shape index (κ1) is 29.1. The molecule has 2 atom stereocenters. The van der Waals surface area contributed by atoms with Crippen molar-refractivity contribution in [2.45, 2.75) is 32.4 Å². The summed E-state index contributed by atoms with van der Waals surface area (Å²) in [7, 11) is 0. The van der Waals surface area contributed by atoms with Crippen molar-refractivity contribution in [3.05, 3.63) is 53.7 Å². The number of likely N-dealkylation sites (tertiary alicyclic amines) is 2. The summed E-state index contributed by atoms with van der Waals surface area (Å²) in [4.78, 5) is 27.3. The first-order chi connectivity index (χ1) is 16.6. The number of fused-ring (bicyclic) bond motifs is 1. The molecular formula is C22H25F6N3O5. The van der Waals surface area contributed by atoms with Crippen molar-refractivity contribution in [1.29, 1.82) is 0 Å². The van der Waals surface area contributed by atoms with Crippen LogP contribution in [-0.2, 0) is 22.7 Å². The lowest BCUT2D eigenvalue weighted by Crippen LogP contribution is -2.28. The molecule has 0 spiro atoms. The summed E-state index contributed by atoms with van der Waals surface area (Å²) in [6.45, 7) is 8.76. The van der Waals surface area contributed by atoms with E-state index in [-0.39, 0.29) is 0 Å². The zero-order valence-corrected chi connectivity index (χ0v) is 19.1. The fourth-order valence-corrected chi connectivity index (χ4v) is 3.96. The highest BCUT2D eigenvalue weighted by atomic mass is 19.4. The summed E-state index contributed by atoms with van der Waals surface area (Å²) in [5.41, 5.74) is 1.19. The molecule has 2 aromatic heterocycles. The average molecular weight is 525 g/mol. The van der Waals surface area contributed by atoms with Gasteiger partial charge in [0.05, 0.1) is 12.2 Å². The van der Waals surface area contributed by atoms with Crippen LogP contribution in [0.25, 0.3) is 0 Å². The Labute approximate surface area is 202 Å². The van der Waals surface area contributed by atoms with Gasteiger partial charge in [0.1, 0.15) is 11.5 Å². The summed E-state index contributed by atoms with van der Waals surface area (Å²) in [5.74, 6) is -1.79. The Balaban J connectivity index is 0.000000271. The Morgan fingerprint density at radius 2 is 1.36 bits per heavy atom. The topological polar surface area (TPSA) is 107 Å². The quantitative estimate of drug-likeness (QED) is 0.581. The minimum absolute atomic E-state index is 0.805. The third kappa shape index (κ3) is 9.49. The highest BCUT2D eigenvalue weighted by molar-refractivity contribution is 5.73. The second kappa shape index (κ2) is 12.2. The highest BCUT2D eigenvalue weighted by Gasteiger charge is 2.40. The number of nitrogens with zero attached hydrogens (tertiary/aromatic N) is 3. The predicted molar refractivity (Wildman–Crippen MR) is 113 cm³/mol. The number of hydrogen-bond donors (Lipinski definition) is 2. The number of furan rings is 1. The van der Waals surface area contributed by atoms with Crippen LogP contribution < -0.4 is 0 Å². The van der Waals surface area contributed by atoms with E-state index >= 15 is 0 Å². The maximum absolute atomic E-state index is 10.6. The number of halogens is 6. The van der Waals surface area contributed by atoms with Gasteiger partial charge >= 0.3 is 24.3 Å². The molecule has 0 saturated carbocycles. The van der Waals surface area contributed by atoms with Crippen molar-refractivity contribution in [1.82, 2.24) is 14.8 Å². The third-order valence-corrected chi connectivity index (χ3v) is 5.41. The normalized spacial score (nSPS) is 20.1. The number of aromatic nitrogens is 1. The van der Waals surface area contributed by atoms with Crippen LogP contribution in [0.4, 0.5) is 26.3 Å². The van der Waals surface area contributed by atoms with Crippen molar-refractivity contribution >= 4 is 11.9 Å². The van der Waals surface area contributed by atoms with E-state index in [1.807, 2.05) is 19.2 Å². The number of rotatable bonds is 4. The molecule has 2 saturated heterocycles. The molecule has 2 aliphatic heterocycles. The van der Waals surface area contributed by atoms with Gasteiger partial charge < -0.3 is 14.6 Å². The molecule has 36 heavy (non-hydrogen) atoms. The summed E-state index contributed by atoms with van der Waals surface area (Å²) in [5, 5.41) is 14.2. The molecule has 2 fully saturated rings. The minimum atomic E-state index is -5.08. The van der Waals surface area contributed by atoms with Crippen LogP contribution in [0.3, 0.4) is 0 Å². The molecule has 0 radical (unpaired) electrons. The highest BCUT2D eigenvalue weighted by Crippen LogP contribution is 2.32. The SMILES string of the molecule is Cc1ccc(CN2CC3CN(Cc4ccccn4)CC3C2)o1.O=C(O)C(F)(F)F.O=C(O)C(F)(F)F. The molecule has 2 aliphatic rings. The molecule has 0 amide bonds. The number of carbonyl (C=O) groups is 2. The van der Waals surface area contributed by atoms with Crippen molar-refractivity contribution in [3.63, 3.8) is 0 Å². The largest absolute Gasteiger partial charge is 0.490 e. The zero-order valence-electron chi connectivity index (χ0n) is 19.1. The number of hydrogen-bond acceptors (Lipinski definition) is 6. The Morgan fingerprint density at radius 1 is 0.889 bits per heavy atom. The number of carboxylic acids is 2. The van der Waals surface area contributed by atoms with Gasteiger partial charge in [-0.1, -0.05) is 6.07 Å². The van der Waals surface area contributed by atoms with E-state index < -0.39 is 24.3 Å². The lowest BCUT2D eigenvalue weighted by Gasteiger charge is -2.20. The van der Waals surface area contributed by atoms with Crippen molar-refractivity contribution < 1.29 is 50.6 Å². The van der Waals surface area contributed by atoms with Crippen molar-refractivity contribution in [3.8, 4) is 0 Å². The lowest BCUT2D eigenvalue weighted by atomic mass is 10.0. The zero-order chi connectivity index (χ0) is 27.1. The molecule has 8 nitrogen and oxygen atoms in total. The number of aryl methyl sites for hydroxylation is 1. The Hall–Kier alpha value is -3.13. The summed E-state index contributed by atoms with van der Waals surface area (Å²) in [6.07, 6.45) is -8.28. The molecule has 0 aromatic carbocycles. The molecule has 2 N–H and O–H groups in total. The molecule has 2 unspecified atom stereocenters. The summed E-state index contributed by atoms with van der Waals surface area (Å²) >= 11 is 0. The van der Waals surface area contributed by atoms with Crippen LogP contribution in [0.15, 0.2) is 40.9 Å². The third-order valence-electron chi connectivity index (χ3n) is 5.41. The number of carboxylic acid groups (broad SMARTS) is 2. The van der Waals surface area contributed by atoms with Gasteiger partial charge in [0.2, 0.25) is 0 Å². The first-order valence-corrected chi connectivity index (χ1v) is 10.6. The second-order valence-corrected chi connectivity index (χ2v) is 8.35. The van der Waals surface area contributed by atoms with E-state index in [0.717, 1.165) is 36.4 Å². The Morgan fingerprint density at radius 3 is 1.72 bits per heavy atom. The van der Waals surface area contributed by atoms with Crippen molar-refractivity contribution in [2.24, 2.45) is 11.8 Å². The van der Waals surface area contributed by atoms with Gasteiger partial charge in [0, 0.05) is 38.9 Å². The summed E-state index contributed by atoms with van der Waals surface area (Å²) < 4.78 is 69.2. The summed E-state index contributed by atoms with van der Waals surface area (Å²) in [6, 6.07) is 10.3. The monoisotopic (exact) mass is 525 g/mol. The minimum Gasteiger partial charge on any atom is -0.475 e.